The predicted octanol–water partition coefficient (Wildman–Crippen LogP) is 2.61. The summed E-state index contributed by atoms with van der Waals surface area (Å²) in [7, 11) is 0. The summed E-state index contributed by atoms with van der Waals surface area (Å²) in [6, 6.07) is 0. The van der Waals surface area contributed by atoms with E-state index in [9.17, 15) is 9.59 Å². The highest BCUT2D eigenvalue weighted by molar-refractivity contribution is 5.78. The molecule has 0 aliphatic heterocycles. The Labute approximate surface area is 97.0 Å². The number of esters is 1. The lowest BCUT2D eigenvalue weighted by Gasteiger charge is -2.14. The first kappa shape index (κ1) is 14.9. The van der Waals surface area contributed by atoms with Gasteiger partial charge in [-0.2, -0.15) is 0 Å². The van der Waals surface area contributed by atoms with Gasteiger partial charge in [-0.3, -0.25) is 4.79 Å². The van der Waals surface area contributed by atoms with Crippen LogP contribution in [0.15, 0.2) is 0 Å². The molecule has 0 rings (SSSR count). The lowest BCUT2D eigenvalue weighted by molar-refractivity contribution is -0.166. The summed E-state index contributed by atoms with van der Waals surface area (Å²) in [5.41, 5.74) is 0. The molecule has 0 spiro atoms. The summed E-state index contributed by atoms with van der Waals surface area (Å²) in [5, 5.41) is 8.88. The Morgan fingerprint density at radius 1 is 1.19 bits per heavy atom. The first-order valence-electron chi connectivity index (χ1n) is 5.92. The minimum Gasteiger partial charge on any atom is -0.479 e. The van der Waals surface area contributed by atoms with Crippen LogP contribution in [0.2, 0.25) is 0 Å². The maximum Gasteiger partial charge on any atom is 0.345 e. The average molecular weight is 230 g/mol. The van der Waals surface area contributed by atoms with Gasteiger partial charge < -0.3 is 9.84 Å². The Bertz CT molecular complexity index is 223. The van der Waals surface area contributed by atoms with Crippen molar-refractivity contribution in [3.05, 3.63) is 0 Å². The van der Waals surface area contributed by atoms with E-state index in [0.717, 1.165) is 25.7 Å². The number of aliphatic carboxylic acids is 1. The molecule has 0 heterocycles. The fourth-order valence-electron chi connectivity index (χ4n) is 1.27. The molecule has 1 unspecified atom stereocenters. The lowest BCUT2D eigenvalue weighted by Crippen LogP contribution is -2.28. The second-order valence-electron chi connectivity index (χ2n) is 4.27. The van der Waals surface area contributed by atoms with Crippen molar-refractivity contribution < 1.29 is 19.4 Å². The van der Waals surface area contributed by atoms with Gasteiger partial charge >= 0.3 is 11.9 Å². The maximum atomic E-state index is 11.3. The van der Waals surface area contributed by atoms with Crippen LogP contribution in [0, 0.1) is 5.92 Å². The Hall–Kier alpha value is -1.06. The van der Waals surface area contributed by atoms with E-state index in [1.807, 2.05) is 0 Å². The Balaban J connectivity index is 3.98. The van der Waals surface area contributed by atoms with E-state index in [1.165, 1.54) is 0 Å². The third-order valence-electron chi connectivity index (χ3n) is 2.33. The Morgan fingerprint density at radius 2 is 1.81 bits per heavy atom. The first-order chi connectivity index (χ1) is 7.49. The second kappa shape index (κ2) is 8.13. The zero-order chi connectivity index (χ0) is 12.6. The van der Waals surface area contributed by atoms with Gasteiger partial charge in [0, 0.05) is 0 Å². The molecule has 1 N–H and O–H groups in total. The third-order valence-corrected chi connectivity index (χ3v) is 2.33. The van der Waals surface area contributed by atoms with E-state index >= 15 is 0 Å². The van der Waals surface area contributed by atoms with Crippen LogP contribution in [0.4, 0.5) is 0 Å². The van der Waals surface area contributed by atoms with Gasteiger partial charge in [0.25, 0.3) is 0 Å². The molecule has 0 aliphatic rings. The molecule has 0 aromatic rings. The number of carbonyl (C=O) groups excluding carboxylic acids is 1. The average Bonchev–Trinajstić information content (AvgIpc) is 2.21. The zero-order valence-electron chi connectivity index (χ0n) is 10.4. The van der Waals surface area contributed by atoms with Crippen LogP contribution in [-0.2, 0) is 14.3 Å². The monoisotopic (exact) mass is 230 g/mol. The fourth-order valence-corrected chi connectivity index (χ4v) is 1.27. The van der Waals surface area contributed by atoms with E-state index in [0.29, 0.717) is 6.42 Å². The summed E-state index contributed by atoms with van der Waals surface area (Å²) in [5.74, 6) is -1.77. The number of ether oxygens (including phenoxy) is 1. The fraction of sp³-hybridized carbons (Fsp3) is 0.833. The molecule has 0 radical (unpaired) electrons. The Morgan fingerprint density at radius 3 is 2.25 bits per heavy atom. The number of hydrogen-bond donors (Lipinski definition) is 1. The van der Waals surface area contributed by atoms with Gasteiger partial charge in [-0.15, -0.1) is 0 Å². The zero-order valence-corrected chi connectivity index (χ0v) is 10.4. The quantitative estimate of drug-likeness (QED) is 0.514. The number of hydrogen-bond acceptors (Lipinski definition) is 3. The van der Waals surface area contributed by atoms with E-state index < -0.39 is 18.0 Å². The van der Waals surface area contributed by atoms with Crippen LogP contribution in [0.25, 0.3) is 0 Å². The summed E-state index contributed by atoms with van der Waals surface area (Å²) in [6.07, 6.45) is 3.39. The molecular formula is C12H22O4. The van der Waals surface area contributed by atoms with Crippen molar-refractivity contribution >= 4 is 11.9 Å². The van der Waals surface area contributed by atoms with Gasteiger partial charge in [0.2, 0.25) is 0 Å². The van der Waals surface area contributed by atoms with Crippen molar-refractivity contribution in [1.82, 2.24) is 0 Å². The highest BCUT2D eigenvalue weighted by Crippen LogP contribution is 2.10. The van der Waals surface area contributed by atoms with E-state index in [1.54, 1.807) is 13.8 Å². The molecule has 94 valence electrons. The minimum absolute atomic E-state index is 0.280. The molecule has 0 saturated carbocycles. The molecule has 0 fully saturated rings. The molecule has 16 heavy (non-hydrogen) atoms. The largest absolute Gasteiger partial charge is 0.479 e. The highest BCUT2D eigenvalue weighted by Gasteiger charge is 2.22. The number of rotatable bonds is 8. The van der Waals surface area contributed by atoms with Gasteiger partial charge in [-0.25, -0.2) is 4.79 Å². The van der Waals surface area contributed by atoms with Crippen molar-refractivity contribution in [3.63, 3.8) is 0 Å². The minimum atomic E-state index is -1.05. The summed E-state index contributed by atoms with van der Waals surface area (Å²) >= 11 is 0. The van der Waals surface area contributed by atoms with Gasteiger partial charge in [-0.05, 0) is 12.8 Å². The topological polar surface area (TPSA) is 63.6 Å². The third kappa shape index (κ3) is 6.43. The van der Waals surface area contributed by atoms with Gasteiger partial charge in [0.1, 0.15) is 0 Å². The maximum absolute atomic E-state index is 11.3. The Kier molecular flexibility index (Phi) is 7.60. The van der Waals surface area contributed by atoms with Crippen LogP contribution in [0.3, 0.4) is 0 Å². The molecule has 0 aromatic carbocycles. The van der Waals surface area contributed by atoms with Crippen molar-refractivity contribution in [2.24, 2.45) is 5.92 Å². The van der Waals surface area contributed by atoms with Gasteiger partial charge in [0.15, 0.2) is 6.10 Å². The summed E-state index contributed by atoms with van der Waals surface area (Å²) in [4.78, 5) is 22.1. The molecule has 0 saturated heterocycles. The van der Waals surface area contributed by atoms with Gasteiger partial charge in [0.05, 0.1) is 5.92 Å². The van der Waals surface area contributed by atoms with Crippen molar-refractivity contribution in [2.75, 3.05) is 0 Å². The van der Waals surface area contributed by atoms with Crippen LogP contribution < -0.4 is 0 Å². The molecule has 0 bridgehead atoms. The number of unbranched alkanes of at least 4 members (excludes halogenated alkanes) is 3. The van der Waals surface area contributed by atoms with Crippen LogP contribution in [0.1, 0.15) is 52.9 Å². The van der Waals surface area contributed by atoms with Crippen molar-refractivity contribution in [2.45, 2.75) is 59.0 Å². The molecule has 1 atom stereocenters. The molecule has 0 aliphatic carbocycles. The molecule has 0 amide bonds. The SMILES string of the molecule is CCCCCCC(OC(=O)C(C)C)C(=O)O. The molecular weight excluding hydrogens is 208 g/mol. The van der Waals surface area contributed by atoms with Crippen molar-refractivity contribution in [3.8, 4) is 0 Å². The molecule has 4 nitrogen and oxygen atoms in total. The standard InChI is InChI=1S/C12H22O4/c1-4-5-6-7-8-10(11(13)14)16-12(15)9(2)3/h9-10H,4-8H2,1-3H3,(H,13,14). The summed E-state index contributed by atoms with van der Waals surface area (Å²) < 4.78 is 4.92. The predicted molar refractivity (Wildman–Crippen MR) is 61.1 cm³/mol. The van der Waals surface area contributed by atoms with E-state index in [-0.39, 0.29) is 5.92 Å². The summed E-state index contributed by atoms with van der Waals surface area (Å²) in [6.45, 7) is 5.48. The number of carboxylic acids is 1. The number of carboxylic acid groups (broad SMARTS) is 1. The van der Waals surface area contributed by atoms with Gasteiger partial charge in [-0.1, -0.05) is 40.0 Å². The number of carbonyl (C=O) groups is 2. The van der Waals surface area contributed by atoms with Crippen LogP contribution >= 0.6 is 0 Å². The van der Waals surface area contributed by atoms with Crippen LogP contribution in [0.5, 0.6) is 0 Å². The molecule has 4 heteroatoms. The molecule has 0 aromatic heterocycles. The smallest absolute Gasteiger partial charge is 0.345 e. The van der Waals surface area contributed by atoms with Crippen LogP contribution in [-0.4, -0.2) is 23.1 Å². The normalized spacial score (nSPS) is 12.5. The second-order valence-corrected chi connectivity index (χ2v) is 4.27. The lowest BCUT2D eigenvalue weighted by atomic mass is 10.1. The van der Waals surface area contributed by atoms with E-state index in [2.05, 4.69) is 6.92 Å². The highest BCUT2D eigenvalue weighted by atomic mass is 16.6. The first-order valence-corrected chi connectivity index (χ1v) is 5.92. The van der Waals surface area contributed by atoms with Crippen molar-refractivity contribution in [1.29, 1.82) is 0 Å². The van der Waals surface area contributed by atoms with E-state index in [4.69, 9.17) is 9.84 Å².